The van der Waals surface area contributed by atoms with Crippen molar-refractivity contribution in [2.24, 2.45) is 0 Å². The summed E-state index contributed by atoms with van der Waals surface area (Å²) in [5.74, 6) is -0.0570. The molecule has 1 amide bonds. The molecule has 5 rings (SSSR count). The Kier molecular flexibility index (Phi) is 8.04. The molecule has 1 fully saturated rings. The number of nitrogens with zero attached hydrogens (tertiary/aromatic N) is 5. The highest BCUT2D eigenvalue weighted by Gasteiger charge is 2.37. The molecule has 0 spiro atoms. The Morgan fingerprint density at radius 3 is 2.36 bits per heavy atom. The number of ether oxygens (including phenoxy) is 1. The number of aromatic nitrogens is 2. The molecule has 2 aromatic carbocycles. The second kappa shape index (κ2) is 11.1. The number of piperazine rings is 1. The fourth-order valence-electron chi connectivity index (χ4n) is 6.03. The first-order valence-corrected chi connectivity index (χ1v) is 15.2. The van der Waals surface area contributed by atoms with Gasteiger partial charge in [-0.1, -0.05) is 0 Å². The van der Waals surface area contributed by atoms with Crippen LogP contribution in [0.3, 0.4) is 0 Å². The molecule has 0 saturated carbocycles. The number of halogens is 2. The molecule has 0 radical (unpaired) electrons. The number of thioether (sulfide) groups is 1. The maximum Gasteiger partial charge on any atom is 0.410 e. The third kappa shape index (κ3) is 5.60. The van der Waals surface area contributed by atoms with Gasteiger partial charge in [0.05, 0.1) is 17.6 Å². The topological polar surface area (TPSA) is 70.9 Å². The molecule has 3 heterocycles. The van der Waals surface area contributed by atoms with Gasteiger partial charge in [0.2, 0.25) is 0 Å². The molecule has 0 N–H and O–H groups in total. The normalized spacial score (nSPS) is 21.2. The van der Waals surface area contributed by atoms with Crippen molar-refractivity contribution in [2.45, 2.75) is 76.7 Å². The van der Waals surface area contributed by atoms with Crippen LogP contribution >= 0.6 is 11.8 Å². The summed E-state index contributed by atoms with van der Waals surface area (Å²) < 4.78 is 36.5. The zero-order valence-electron chi connectivity index (χ0n) is 25.5. The first kappa shape index (κ1) is 30.3. The third-order valence-electron chi connectivity index (χ3n) is 7.96. The summed E-state index contributed by atoms with van der Waals surface area (Å²) in [5, 5.41) is 0.797. The Bertz CT molecular complexity index is 1590. The molecule has 0 aliphatic carbocycles. The standard InChI is InChI=1S/C31H39F2N5O3S/c1-17-11-23-26-27(25(17)22-10-9-20(32)12-24(22)33)42-16-21(35(7)8)15-37(26)29(39)34-28(23)36-13-18(2)38(19(3)14-36)30(40)41-31(4,5)6/h9-12,18-19,21H,13-16H2,1-8H3/t18-,19+,21-/m1/s1. The molecule has 1 saturated heterocycles. The number of benzene rings is 2. The molecular weight excluding hydrogens is 560 g/mol. The predicted molar refractivity (Wildman–Crippen MR) is 164 cm³/mol. The van der Waals surface area contributed by atoms with Gasteiger partial charge in [-0.2, -0.15) is 4.98 Å². The number of anilines is 1. The van der Waals surface area contributed by atoms with E-state index in [2.05, 4.69) is 14.8 Å². The number of rotatable bonds is 3. The van der Waals surface area contributed by atoms with Crippen molar-refractivity contribution < 1.29 is 18.3 Å². The van der Waals surface area contributed by atoms with Crippen molar-refractivity contribution in [3.05, 3.63) is 51.9 Å². The average Bonchev–Trinajstić information content (AvgIpc) is 3.07. The van der Waals surface area contributed by atoms with Crippen LogP contribution in [0.15, 0.2) is 34.0 Å². The van der Waals surface area contributed by atoms with Crippen LogP contribution in [0.4, 0.5) is 19.4 Å². The van der Waals surface area contributed by atoms with Crippen molar-refractivity contribution in [3.63, 3.8) is 0 Å². The van der Waals surface area contributed by atoms with Crippen molar-refractivity contribution in [3.8, 4) is 11.1 Å². The van der Waals surface area contributed by atoms with E-state index in [1.807, 2.05) is 61.7 Å². The maximum absolute atomic E-state index is 15.2. The van der Waals surface area contributed by atoms with Gasteiger partial charge in [-0.15, -0.1) is 11.8 Å². The van der Waals surface area contributed by atoms with E-state index >= 15 is 4.39 Å². The predicted octanol–water partition coefficient (Wildman–Crippen LogP) is 5.52. The van der Waals surface area contributed by atoms with Crippen LogP contribution in [0.5, 0.6) is 0 Å². The van der Waals surface area contributed by atoms with Crippen LogP contribution in [0.2, 0.25) is 0 Å². The van der Waals surface area contributed by atoms with E-state index < -0.39 is 17.2 Å². The SMILES string of the molecule is Cc1cc2c(N3C[C@@H](C)N(C(=O)OC(C)(C)C)[C@@H](C)C3)nc(=O)n3c2c(c1-c1ccc(F)cc1F)SC[C@H](N(C)C)C3. The fraction of sp³-hybridized carbons (Fsp3) is 0.516. The van der Waals surface area contributed by atoms with Gasteiger partial charge >= 0.3 is 11.8 Å². The summed E-state index contributed by atoms with van der Waals surface area (Å²) >= 11 is 1.58. The molecule has 42 heavy (non-hydrogen) atoms. The summed E-state index contributed by atoms with van der Waals surface area (Å²) in [6.07, 6.45) is -0.364. The molecule has 2 aliphatic heterocycles. The van der Waals surface area contributed by atoms with Gasteiger partial charge in [0.15, 0.2) is 0 Å². The lowest BCUT2D eigenvalue weighted by molar-refractivity contribution is 0.00562. The number of carbonyl (C=O) groups is 1. The van der Waals surface area contributed by atoms with E-state index in [0.717, 1.165) is 21.9 Å². The Hall–Kier alpha value is -3.18. The van der Waals surface area contributed by atoms with Gasteiger partial charge in [-0.25, -0.2) is 18.4 Å². The quantitative estimate of drug-likeness (QED) is 0.393. The van der Waals surface area contributed by atoms with Crippen LogP contribution in [-0.2, 0) is 11.3 Å². The first-order valence-electron chi connectivity index (χ1n) is 14.2. The first-order chi connectivity index (χ1) is 19.7. The highest BCUT2D eigenvalue weighted by molar-refractivity contribution is 7.99. The van der Waals surface area contributed by atoms with E-state index in [1.165, 1.54) is 12.1 Å². The number of carbonyl (C=O) groups excluding carboxylic acids is 1. The average molecular weight is 600 g/mol. The third-order valence-corrected chi connectivity index (χ3v) is 9.20. The molecule has 2 aliphatic rings. The lowest BCUT2D eigenvalue weighted by Gasteiger charge is -2.45. The number of amides is 1. The van der Waals surface area contributed by atoms with Gasteiger partial charge in [0, 0.05) is 58.9 Å². The van der Waals surface area contributed by atoms with E-state index in [0.29, 0.717) is 47.8 Å². The van der Waals surface area contributed by atoms with Crippen LogP contribution in [-0.4, -0.2) is 82.1 Å². The van der Waals surface area contributed by atoms with Crippen LogP contribution in [0.1, 0.15) is 40.2 Å². The second-order valence-corrected chi connectivity index (χ2v) is 13.7. The zero-order chi connectivity index (χ0) is 30.7. The van der Waals surface area contributed by atoms with E-state index in [1.54, 1.807) is 21.2 Å². The Morgan fingerprint density at radius 1 is 1.10 bits per heavy atom. The minimum absolute atomic E-state index is 0.0413. The smallest absolute Gasteiger partial charge is 0.410 e. The molecule has 3 aromatic rings. The van der Waals surface area contributed by atoms with E-state index in [4.69, 9.17) is 4.74 Å². The van der Waals surface area contributed by atoms with Gasteiger partial charge in [0.1, 0.15) is 23.1 Å². The van der Waals surface area contributed by atoms with Crippen molar-refractivity contribution in [1.29, 1.82) is 0 Å². The van der Waals surface area contributed by atoms with Gasteiger partial charge in [-0.3, -0.25) is 9.47 Å². The lowest BCUT2D eigenvalue weighted by Crippen LogP contribution is -2.59. The second-order valence-electron chi connectivity index (χ2n) is 12.7. The minimum atomic E-state index is -0.646. The molecule has 11 heteroatoms. The number of hydrogen-bond donors (Lipinski definition) is 0. The summed E-state index contributed by atoms with van der Waals surface area (Å²) in [7, 11) is 3.95. The van der Waals surface area contributed by atoms with Gasteiger partial charge in [0.25, 0.3) is 0 Å². The Morgan fingerprint density at radius 2 is 1.76 bits per heavy atom. The van der Waals surface area contributed by atoms with Crippen molar-refractivity contribution in [1.82, 2.24) is 19.4 Å². The molecule has 3 atom stereocenters. The highest BCUT2D eigenvalue weighted by atomic mass is 32.2. The molecular formula is C31H39F2N5O3S. The molecule has 226 valence electrons. The lowest BCUT2D eigenvalue weighted by atomic mass is 9.97. The number of likely N-dealkylation sites (N-methyl/N-ethyl adjacent to an activating group) is 1. The zero-order valence-corrected chi connectivity index (χ0v) is 26.3. The van der Waals surface area contributed by atoms with Crippen LogP contribution in [0.25, 0.3) is 22.0 Å². The Balaban J connectivity index is 1.67. The molecule has 1 aromatic heterocycles. The summed E-state index contributed by atoms with van der Waals surface area (Å²) in [6.45, 7) is 12.7. The van der Waals surface area contributed by atoms with E-state index in [-0.39, 0.29) is 29.9 Å². The van der Waals surface area contributed by atoms with E-state index in [9.17, 15) is 14.0 Å². The Labute approximate surface area is 249 Å². The largest absolute Gasteiger partial charge is 0.444 e. The fourth-order valence-corrected chi connectivity index (χ4v) is 7.56. The minimum Gasteiger partial charge on any atom is -0.444 e. The maximum atomic E-state index is 15.2. The monoisotopic (exact) mass is 599 g/mol. The van der Waals surface area contributed by atoms with Crippen LogP contribution in [0, 0.1) is 18.6 Å². The summed E-state index contributed by atoms with van der Waals surface area (Å²) in [4.78, 5) is 38.1. The van der Waals surface area contributed by atoms with Gasteiger partial charge < -0.3 is 14.5 Å². The summed E-state index contributed by atoms with van der Waals surface area (Å²) in [6, 6.07) is 5.23. The summed E-state index contributed by atoms with van der Waals surface area (Å²) in [5.41, 5.74) is 1.48. The molecule has 8 nitrogen and oxygen atoms in total. The van der Waals surface area contributed by atoms with Crippen molar-refractivity contribution in [2.75, 3.05) is 37.8 Å². The van der Waals surface area contributed by atoms with Crippen LogP contribution < -0.4 is 10.6 Å². The molecule has 0 unspecified atom stereocenters. The van der Waals surface area contributed by atoms with Crippen molar-refractivity contribution >= 4 is 34.6 Å². The number of aryl methyl sites for hydroxylation is 1. The highest BCUT2D eigenvalue weighted by Crippen LogP contribution is 2.44. The number of hydrogen-bond acceptors (Lipinski definition) is 7. The van der Waals surface area contributed by atoms with Gasteiger partial charge in [-0.05, 0) is 79.4 Å². The molecule has 0 bridgehead atoms.